The van der Waals surface area contributed by atoms with Gasteiger partial charge in [-0.15, -0.1) is 0 Å². The van der Waals surface area contributed by atoms with E-state index >= 15 is 0 Å². The van der Waals surface area contributed by atoms with Gasteiger partial charge in [0.15, 0.2) is 0 Å². The van der Waals surface area contributed by atoms with Crippen LogP contribution in [0, 0.1) is 11.8 Å². The molecule has 0 spiro atoms. The summed E-state index contributed by atoms with van der Waals surface area (Å²) in [7, 11) is 1.85. The third-order valence-electron chi connectivity index (χ3n) is 1.15. The molecular formula is C8H7NO2. The highest BCUT2D eigenvalue weighted by Gasteiger charge is 1.88. The number of nitrogens with zero attached hydrogens (tertiary/aromatic N) is 1. The van der Waals surface area contributed by atoms with Gasteiger partial charge in [0.1, 0.15) is 0 Å². The Morgan fingerprint density at radius 3 is 2.91 bits per heavy atom. The summed E-state index contributed by atoms with van der Waals surface area (Å²) in [5, 5.41) is 8.20. The zero-order valence-electron chi connectivity index (χ0n) is 6.03. The third kappa shape index (κ3) is 2.18. The number of carbonyl (C=O) groups is 1. The summed E-state index contributed by atoms with van der Waals surface area (Å²) >= 11 is 0. The molecule has 0 saturated heterocycles. The molecule has 3 heteroatoms. The van der Waals surface area contributed by atoms with E-state index in [2.05, 4.69) is 5.92 Å². The molecule has 1 rings (SSSR count). The molecular weight excluding hydrogens is 142 g/mol. The minimum absolute atomic E-state index is 0.718. The van der Waals surface area contributed by atoms with E-state index in [1.54, 1.807) is 12.3 Å². The van der Waals surface area contributed by atoms with Crippen LogP contribution in [0.5, 0.6) is 0 Å². The molecule has 0 saturated carbocycles. The number of aliphatic carboxylic acids is 1. The SMILES string of the molecule is Cn1ccc(C#CC(=O)O)c1. The highest BCUT2D eigenvalue weighted by Crippen LogP contribution is 1.95. The molecule has 1 N–H and O–H groups in total. The van der Waals surface area contributed by atoms with Crippen molar-refractivity contribution in [2.24, 2.45) is 7.05 Å². The molecule has 11 heavy (non-hydrogen) atoms. The summed E-state index contributed by atoms with van der Waals surface area (Å²) in [5.74, 6) is 3.42. The zero-order valence-corrected chi connectivity index (χ0v) is 6.03. The Kier molecular flexibility index (Phi) is 1.98. The molecule has 1 aromatic heterocycles. The van der Waals surface area contributed by atoms with Gasteiger partial charge < -0.3 is 9.67 Å². The molecule has 0 aliphatic carbocycles. The van der Waals surface area contributed by atoms with Crippen molar-refractivity contribution in [1.29, 1.82) is 0 Å². The van der Waals surface area contributed by atoms with E-state index in [-0.39, 0.29) is 0 Å². The van der Waals surface area contributed by atoms with E-state index in [4.69, 9.17) is 5.11 Å². The second-order valence-corrected chi connectivity index (χ2v) is 2.12. The van der Waals surface area contributed by atoms with Crippen LogP contribution in [0.15, 0.2) is 18.5 Å². The zero-order chi connectivity index (χ0) is 8.27. The summed E-state index contributed by atoms with van der Waals surface area (Å²) in [6, 6.07) is 1.76. The average Bonchev–Trinajstić information content (AvgIpc) is 2.31. The van der Waals surface area contributed by atoms with E-state index in [0.717, 1.165) is 5.56 Å². The van der Waals surface area contributed by atoms with E-state index in [1.807, 2.05) is 23.7 Å². The molecule has 0 bridgehead atoms. The van der Waals surface area contributed by atoms with Gasteiger partial charge in [-0.25, -0.2) is 4.79 Å². The lowest BCUT2D eigenvalue weighted by atomic mass is 10.3. The minimum Gasteiger partial charge on any atom is -0.472 e. The Morgan fingerprint density at radius 1 is 1.73 bits per heavy atom. The van der Waals surface area contributed by atoms with Crippen molar-refractivity contribution >= 4 is 5.97 Å². The largest absolute Gasteiger partial charge is 0.472 e. The maximum absolute atomic E-state index is 10.00. The van der Waals surface area contributed by atoms with E-state index in [1.165, 1.54) is 0 Å². The fourth-order valence-electron chi connectivity index (χ4n) is 0.703. The van der Waals surface area contributed by atoms with Crippen LogP contribution in [-0.4, -0.2) is 15.6 Å². The number of aromatic nitrogens is 1. The van der Waals surface area contributed by atoms with Crippen molar-refractivity contribution in [2.45, 2.75) is 0 Å². The molecule has 56 valence electrons. The first-order valence-corrected chi connectivity index (χ1v) is 3.05. The highest BCUT2D eigenvalue weighted by molar-refractivity contribution is 5.87. The normalized spacial score (nSPS) is 8.45. The van der Waals surface area contributed by atoms with Crippen molar-refractivity contribution in [2.75, 3.05) is 0 Å². The van der Waals surface area contributed by atoms with Gasteiger partial charge in [-0.05, 0) is 6.07 Å². The topological polar surface area (TPSA) is 42.2 Å². The second kappa shape index (κ2) is 2.93. The Morgan fingerprint density at radius 2 is 2.45 bits per heavy atom. The van der Waals surface area contributed by atoms with Crippen molar-refractivity contribution in [3.05, 3.63) is 24.0 Å². The molecule has 0 aromatic carbocycles. The lowest BCUT2D eigenvalue weighted by Gasteiger charge is -1.81. The van der Waals surface area contributed by atoms with Gasteiger partial charge in [0.2, 0.25) is 0 Å². The molecule has 0 amide bonds. The molecule has 1 aromatic rings. The Hall–Kier alpha value is -1.69. The average molecular weight is 149 g/mol. The lowest BCUT2D eigenvalue weighted by Crippen LogP contribution is -1.86. The molecule has 0 aliphatic rings. The third-order valence-corrected chi connectivity index (χ3v) is 1.15. The van der Waals surface area contributed by atoms with Crippen LogP contribution in [0.25, 0.3) is 0 Å². The van der Waals surface area contributed by atoms with E-state index < -0.39 is 5.97 Å². The predicted octanol–water partition coefficient (Wildman–Crippen LogP) is 0.461. The predicted molar refractivity (Wildman–Crippen MR) is 39.9 cm³/mol. The van der Waals surface area contributed by atoms with Crippen LogP contribution in [0.2, 0.25) is 0 Å². The van der Waals surface area contributed by atoms with Crippen LogP contribution in [0.4, 0.5) is 0 Å². The van der Waals surface area contributed by atoms with Crippen LogP contribution >= 0.6 is 0 Å². The van der Waals surface area contributed by atoms with Gasteiger partial charge in [-0.2, -0.15) is 0 Å². The number of hydrogen-bond donors (Lipinski definition) is 1. The van der Waals surface area contributed by atoms with Gasteiger partial charge in [-0.1, -0.05) is 5.92 Å². The smallest absolute Gasteiger partial charge is 0.382 e. The number of rotatable bonds is 0. The first-order chi connectivity index (χ1) is 5.18. The van der Waals surface area contributed by atoms with E-state index in [0.29, 0.717) is 0 Å². The van der Waals surface area contributed by atoms with Gasteiger partial charge in [0, 0.05) is 30.9 Å². The molecule has 0 unspecified atom stereocenters. The van der Waals surface area contributed by atoms with Crippen molar-refractivity contribution in [3.63, 3.8) is 0 Å². The first-order valence-electron chi connectivity index (χ1n) is 3.05. The Labute approximate surface area is 64.3 Å². The first kappa shape index (κ1) is 7.42. The quantitative estimate of drug-likeness (QED) is 0.544. The molecule has 1 heterocycles. The molecule has 0 radical (unpaired) electrons. The Bertz CT molecular complexity index is 327. The summed E-state index contributed by atoms with van der Waals surface area (Å²) in [6.07, 6.45) is 3.57. The van der Waals surface area contributed by atoms with Crippen LogP contribution in [0.3, 0.4) is 0 Å². The monoisotopic (exact) mass is 149 g/mol. The number of aryl methyl sites for hydroxylation is 1. The summed E-state index contributed by atoms with van der Waals surface area (Å²) in [5.41, 5.74) is 0.718. The summed E-state index contributed by atoms with van der Waals surface area (Å²) < 4.78 is 1.81. The number of hydrogen-bond acceptors (Lipinski definition) is 1. The molecule has 0 atom stereocenters. The van der Waals surface area contributed by atoms with Gasteiger partial charge in [-0.3, -0.25) is 0 Å². The minimum atomic E-state index is -1.10. The Balaban J connectivity index is 2.82. The number of carboxylic acid groups (broad SMARTS) is 1. The van der Waals surface area contributed by atoms with Gasteiger partial charge in [0.05, 0.1) is 0 Å². The van der Waals surface area contributed by atoms with Crippen LogP contribution in [0.1, 0.15) is 5.56 Å². The standard InChI is InChI=1S/C8H7NO2/c1-9-5-4-7(6-9)2-3-8(10)11/h4-6H,1H3,(H,10,11). The van der Waals surface area contributed by atoms with Crippen LogP contribution in [-0.2, 0) is 11.8 Å². The molecule has 0 fully saturated rings. The maximum atomic E-state index is 10.00. The van der Waals surface area contributed by atoms with Crippen molar-refractivity contribution < 1.29 is 9.90 Å². The van der Waals surface area contributed by atoms with Crippen molar-refractivity contribution in [1.82, 2.24) is 4.57 Å². The number of carboxylic acids is 1. The second-order valence-electron chi connectivity index (χ2n) is 2.12. The lowest BCUT2D eigenvalue weighted by molar-refractivity contribution is -0.130. The fraction of sp³-hybridized carbons (Fsp3) is 0.125. The molecule has 3 nitrogen and oxygen atoms in total. The van der Waals surface area contributed by atoms with Crippen molar-refractivity contribution in [3.8, 4) is 11.8 Å². The fourth-order valence-corrected chi connectivity index (χ4v) is 0.703. The van der Waals surface area contributed by atoms with Gasteiger partial charge in [0.25, 0.3) is 0 Å². The maximum Gasteiger partial charge on any atom is 0.382 e. The summed E-state index contributed by atoms with van der Waals surface area (Å²) in [4.78, 5) is 10.00. The van der Waals surface area contributed by atoms with E-state index in [9.17, 15) is 4.79 Å². The van der Waals surface area contributed by atoms with Gasteiger partial charge >= 0.3 is 5.97 Å². The molecule has 0 aliphatic heterocycles. The summed E-state index contributed by atoms with van der Waals surface area (Å²) in [6.45, 7) is 0. The highest BCUT2D eigenvalue weighted by atomic mass is 16.4. The van der Waals surface area contributed by atoms with Crippen LogP contribution < -0.4 is 0 Å².